The minimum absolute atomic E-state index is 0.00510. The lowest BCUT2D eigenvalue weighted by atomic mass is 9.75. The number of fused-ring (bicyclic) bond motifs is 1. The number of hydrogen-bond donors (Lipinski definition) is 1. The first kappa shape index (κ1) is 21.3. The normalized spacial score (nSPS) is 18.4. The van der Waals surface area contributed by atoms with Crippen molar-refractivity contribution in [2.45, 2.75) is 19.3 Å². The molecule has 5 nitrogen and oxygen atoms in total. The molecule has 1 amide bonds. The second-order valence-corrected chi connectivity index (χ2v) is 8.96. The largest absolute Gasteiger partial charge is 0.396 e. The SMILES string of the molecule is O=C(c1cc(-c2ccncc2)nc2ccccc12)N1CCCC(CO)(Cc2ccccc2)C1. The molecule has 1 N–H and O–H groups in total. The van der Waals surface area contributed by atoms with Crippen molar-refractivity contribution in [3.8, 4) is 11.3 Å². The second-order valence-electron chi connectivity index (χ2n) is 8.96. The molecule has 1 saturated heterocycles. The predicted molar refractivity (Wildman–Crippen MR) is 130 cm³/mol. The van der Waals surface area contributed by atoms with Crippen molar-refractivity contribution in [3.05, 3.63) is 96.3 Å². The molecule has 2 aromatic carbocycles. The van der Waals surface area contributed by atoms with Crippen molar-refractivity contribution in [1.82, 2.24) is 14.9 Å². The zero-order chi connectivity index (χ0) is 22.7. The van der Waals surface area contributed by atoms with E-state index in [0.29, 0.717) is 18.7 Å². The highest BCUT2D eigenvalue weighted by molar-refractivity contribution is 6.07. The number of carbonyl (C=O) groups is 1. The fourth-order valence-corrected chi connectivity index (χ4v) is 4.93. The third kappa shape index (κ3) is 4.37. The second kappa shape index (κ2) is 9.12. The van der Waals surface area contributed by atoms with Crippen LogP contribution in [0.25, 0.3) is 22.2 Å². The van der Waals surface area contributed by atoms with Gasteiger partial charge >= 0.3 is 0 Å². The third-order valence-electron chi connectivity index (χ3n) is 6.63. The molecule has 3 heterocycles. The first-order valence-corrected chi connectivity index (χ1v) is 11.4. The molecule has 0 spiro atoms. The maximum atomic E-state index is 13.9. The van der Waals surface area contributed by atoms with E-state index in [-0.39, 0.29) is 17.9 Å². The van der Waals surface area contributed by atoms with Gasteiger partial charge in [0.2, 0.25) is 0 Å². The topological polar surface area (TPSA) is 66.3 Å². The average Bonchev–Trinajstić information content (AvgIpc) is 2.89. The molecule has 1 unspecified atom stereocenters. The van der Waals surface area contributed by atoms with Crippen LogP contribution in [-0.4, -0.2) is 45.6 Å². The van der Waals surface area contributed by atoms with E-state index in [2.05, 4.69) is 17.1 Å². The summed E-state index contributed by atoms with van der Waals surface area (Å²) in [5.41, 5.74) is 4.00. The number of hydrogen-bond acceptors (Lipinski definition) is 4. The smallest absolute Gasteiger partial charge is 0.254 e. The first-order valence-electron chi connectivity index (χ1n) is 11.4. The van der Waals surface area contributed by atoms with Gasteiger partial charge in [0, 0.05) is 41.8 Å². The Morgan fingerprint density at radius 3 is 2.55 bits per heavy atom. The van der Waals surface area contributed by atoms with Crippen molar-refractivity contribution >= 4 is 16.8 Å². The number of piperidine rings is 1. The van der Waals surface area contributed by atoms with Gasteiger partial charge in [-0.1, -0.05) is 48.5 Å². The van der Waals surface area contributed by atoms with Crippen LogP contribution in [0.1, 0.15) is 28.8 Å². The Bertz CT molecular complexity index is 1260. The van der Waals surface area contributed by atoms with E-state index >= 15 is 0 Å². The van der Waals surface area contributed by atoms with Crippen LogP contribution in [0.4, 0.5) is 0 Å². The Labute approximate surface area is 193 Å². The number of carbonyl (C=O) groups excluding carboxylic acids is 1. The monoisotopic (exact) mass is 437 g/mol. The first-order chi connectivity index (χ1) is 16.2. The van der Waals surface area contributed by atoms with E-state index in [0.717, 1.165) is 41.4 Å². The summed E-state index contributed by atoms with van der Waals surface area (Å²) < 4.78 is 0. The summed E-state index contributed by atoms with van der Waals surface area (Å²) in [5, 5.41) is 11.2. The molecule has 0 aliphatic carbocycles. The molecule has 0 radical (unpaired) electrons. The van der Waals surface area contributed by atoms with Gasteiger partial charge in [0.1, 0.15) is 0 Å². The zero-order valence-corrected chi connectivity index (χ0v) is 18.5. The van der Waals surface area contributed by atoms with Crippen LogP contribution < -0.4 is 0 Å². The third-order valence-corrected chi connectivity index (χ3v) is 6.63. The standard InChI is InChI=1S/C28H27N3O2/c32-20-28(18-21-7-2-1-3-8-21)13-6-16-31(19-28)27(33)24-17-26(22-11-14-29-15-12-22)30-25-10-5-4-9-23(24)25/h1-5,7-12,14-15,17,32H,6,13,16,18-20H2. The number of pyridine rings is 2. The molecular formula is C28H27N3O2. The lowest BCUT2D eigenvalue weighted by Crippen LogP contribution is -2.49. The Balaban J connectivity index is 1.50. The van der Waals surface area contributed by atoms with Gasteiger partial charge in [-0.25, -0.2) is 4.98 Å². The van der Waals surface area contributed by atoms with E-state index in [4.69, 9.17) is 4.98 Å². The highest BCUT2D eigenvalue weighted by Crippen LogP contribution is 2.35. The number of benzene rings is 2. The van der Waals surface area contributed by atoms with E-state index in [1.165, 1.54) is 5.56 Å². The minimum atomic E-state index is -0.327. The predicted octanol–water partition coefficient (Wildman–Crippen LogP) is 4.75. The number of aliphatic hydroxyl groups is 1. The highest BCUT2D eigenvalue weighted by atomic mass is 16.3. The molecule has 5 rings (SSSR count). The summed E-state index contributed by atoms with van der Waals surface area (Å²) in [6.07, 6.45) is 6.00. The fourth-order valence-electron chi connectivity index (χ4n) is 4.93. The van der Waals surface area contributed by atoms with E-state index in [9.17, 15) is 9.90 Å². The Morgan fingerprint density at radius 2 is 1.76 bits per heavy atom. The van der Waals surface area contributed by atoms with Gasteiger partial charge < -0.3 is 10.0 Å². The summed E-state index contributed by atoms with van der Waals surface area (Å²) in [7, 11) is 0. The lowest BCUT2D eigenvalue weighted by molar-refractivity contribution is 0.0273. The molecule has 0 saturated carbocycles. The van der Waals surface area contributed by atoms with Crippen molar-refractivity contribution < 1.29 is 9.90 Å². The summed E-state index contributed by atoms with van der Waals surface area (Å²) in [4.78, 5) is 24.7. The van der Waals surface area contributed by atoms with E-state index in [1.54, 1.807) is 12.4 Å². The number of aliphatic hydroxyl groups excluding tert-OH is 1. The molecule has 33 heavy (non-hydrogen) atoms. The number of amides is 1. The van der Waals surface area contributed by atoms with Crippen molar-refractivity contribution in [2.75, 3.05) is 19.7 Å². The number of nitrogens with zero attached hydrogens (tertiary/aromatic N) is 3. The molecule has 1 aliphatic heterocycles. The van der Waals surface area contributed by atoms with Gasteiger partial charge in [-0.3, -0.25) is 9.78 Å². The quantitative estimate of drug-likeness (QED) is 0.489. The van der Waals surface area contributed by atoms with Gasteiger partial charge in [-0.2, -0.15) is 0 Å². The maximum absolute atomic E-state index is 13.9. The van der Waals surface area contributed by atoms with Crippen molar-refractivity contribution in [2.24, 2.45) is 5.41 Å². The van der Waals surface area contributed by atoms with Gasteiger partial charge in [-0.05, 0) is 49.1 Å². The number of aromatic nitrogens is 2. The van der Waals surface area contributed by atoms with Crippen molar-refractivity contribution in [3.63, 3.8) is 0 Å². The fraction of sp³-hybridized carbons (Fsp3) is 0.250. The molecule has 0 bridgehead atoms. The Kier molecular flexibility index (Phi) is 5.88. The van der Waals surface area contributed by atoms with Crippen LogP contribution >= 0.6 is 0 Å². The van der Waals surface area contributed by atoms with Gasteiger partial charge in [0.25, 0.3) is 5.91 Å². The van der Waals surface area contributed by atoms with E-state index < -0.39 is 0 Å². The number of rotatable bonds is 5. The maximum Gasteiger partial charge on any atom is 0.254 e. The Hall–Kier alpha value is -3.57. The summed E-state index contributed by atoms with van der Waals surface area (Å²) in [5.74, 6) is -0.00510. The zero-order valence-electron chi connectivity index (χ0n) is 18.5. The van der Waals surface area contributed by atoms with Crippen LogP contribution in [0.5, 0.6) is 0 Å². The van der Waals surface area contributed by atoms with Crippen LogP contribution in [0.15, 0.2) is 85.2 Å². The van der Waals surface area contributed by atoms with Gasteiger partial charge in [-0.15, -0.1) is 0 Å². The van der Waals surface area contributed by atoms with Crippen LogP contribution in [0, 0.1) is 5.41 Å². The lowest BCUT2D eigenvalue weighted by Gasteiger charge is -2.42. The molecule has 166 valence electrons. The van der Waals surface area contributed by atoms with Crippen LogP contribution in [-0.2, 0) is 6.42 Å². The highest BCUT2D eigenvalue weighted by Gasteiger charge is 2.37. The molecule has 4 aromatic rings. The van der Waals surface area contributed by atoms with Crippen LogP contribution in [0.2, 0.25) is 0 Å². The summed E-state index contributed by atoms with van der Waals surface area (Å²) >= 11 is 0. The molecule has 1 aliphatic rings. The molecule has 1 atom stereocenters. The molecule has 1 fully saturated rings. The molecular weight excluding hydrogens is 410 g/mol. The number of likely N-dealkylation sites (tertiary alicyclic amines) is 1. The summed E-state index contributed by atoms with van der Waals surface area (Å²) in [6, 6.07) is 23.7. The summed E-state index contributed by atoms with van der Waals surface area (Å²) in [6.45, 7) is 1.29. The van der Waals surface area contributed by atoms with Gasteiger partial charge in [0.05, 0.1) is 23.4 Å². The Morgan fingerprint density at radius 1 is 1.00 bits per heavy atom. The van der Waals surface area contributed by atoms with E-state index in [1.807, 2.05) is 65.6 Å². The van der Waals surface area contributed by atoms with Gasteiger partial charge in [0.15, 0.2) is 0 Å². The van der Waals surface area contributed by atoms with Crippen molar-refractivity contribution in [1.29, 1.82) is 0 Å². The van der Waals surface area contributed by atoms with Crippen LogP contribution in [0.3, 0.4) is 0 Å². The number of para-hydroxylation sites is 1. The minimum Gasteiger partial charge on any atom is -0.396 e. The average molecular weight is 438 g/mol. The molecule has 5 heteroatoms. The molecule has 2 aromatic heterocycles.